The molecule has 0 aliphatic rings. The van der Waals surface area contributed by atoms with Gasteiger partial charge in [-0.3, -0.25) is 9.78 Å². The molecule has 0 spiro atoms. The molecular formula is C16H15N3O4. The van der Waals surface area contributed by atoms with Crippen molar-refractivity contribution in [1.82, 2.24) is 10.4 Å². The smallest absolute Gasteiger partial charge is 0.343 e. The minimum absolute atomic E-state index is 0.147. The summed E-state index contributed by atoms with van der Waals surface area (Å²) in [6.45, 7) is -0.147. The van der Waals surface area contributed by atoms with Gasteiger partial charge in [-0.15, -0.1) is 0 Å². The van der Waals surface area contributed by atoms with E-state index in [0.717, 1.165) is 5.56 Å². The molecule has 0 radical (unpaired) electrons. The van der Waals surface area contributed by atoms with E-state index in [1.807, 2.05) is 0 Å². The van der Waals surface area contributed by atoms with Crippen LogP contribution in [-0.2, 0) is 9.53 Å². The number of aromatic nitrogens is 1. The number of methoxy groups -OCH3 is 1. The van der Waals surface area contributed by atoms with Crippen LogP contribution in [0.1, 0.15) is 15.9 Å². The van der Waals surface area contributed by atoms with E-state index in [1.54, 1.807) is 36.4 Å². The van der Waals surface area contributed by atoms with Crippen molar-refractivity contribution in [2.24, 2.45) is 5.10 Å². The Kier molecular flexibility index (Phi) is 5.81. The highest BCUT2D eigenvalue weighted by Crippen LogP contribution is 2.11. The molecule has 2 rings (SSSR count). The van der Waals surface area contributed by atoms with Gasteiger partial charge < -0.3 is 9.47 Å². The summed E-state index contributed by atoms with van der Waals surface area (Å²) in [6.07, 6.45) is 4.57. The number of rotatable bonds is 6. The first kappa shape index (κ1) is 16.2. The van der Waals surface area contributed by atoms with Gasteiger partial charge in [0, 0.05) is 18.0 Å². The summed E-state index contributed by atoms with van der Waals surface area (Å²) in [6, 6.07) is 10.1. The Balaban J connectivity index is 1.85. The lowest BCUT2D eigenvalue weighted by Crippen LogP contribution is -2.17. The van der Waals surface area contributed by atoms with E-state index in [-0.39, 0.29) is 12.5 Å². The van der Waals surface area contributed by atoms with E-state index >= 15 is 0 Å². The zero-order chi connectivity index (χ0) is 16.5. The number of hydrogen-bond donors (Lipinski definition) is 1. The Morgan fingerprint density at radius 2 is 1.87 bits per heavy atom. The molecular weight excluding hydrogens is 298 g/mol. The maximum atomic E-state index is 11.8. The molecule has 0 fully saturated rings. The topological polar surface area (TPSA) is 89.9 Å². The number of carbonyl (C=O) groups excluding carboxylic acids is 2. The quantitative estimate of drug-likeness (QED) is 0.494. The molecule has 0 atom stereocenters. The van der Waals surface area contributed by atoms with Crippen LogP contribution in [0.2, 0.25) is 0 Å². The summed E-state index contributed by atoms with van der Waals surface area (Å²) in [5.74, 6) is -0.232. The van der Waals surface area contributed by atoms with Gasteiger partial charge in [-0.2, -0.15) is 5.10 Å². The number of nitrogens with one attached hydrogen (secondary N) is 1. The molecule has 1 heterocycles. The SMILES string of the molecule is COC(=O)COc1ccc(/C=N\NC(=O)c2ccncc2)cc1. The van der Waals surface area contributed by atoms with Gasteiger partial charge >= 0.3 is 5.97 Å². The molecule has 2 aromatic rings. The highest BCUT2D eigenvalue weighted by molar-refractivity contribution is 5.94. The minimum Gasteiger partial charge on any atom is -0.482 e. The fourth-order valence-electron chi connectivity index (χ4n) is 1.58. The number of benzene rings is 1. The lowest BCUT2D eigenvalue weighted by molar-refractivity contribution is -0.142. The van der Waals surface area contributed by atoms with Gasteiger partial charge in [0.2, 0.25) is 0 Å². The first-order valence-corrected chi connectivity index (χ1v) is 6.72. The van der Waals surface area contributed by atoms with Crippen molar-refractivity contribution in [2.45, 2.75) is 0 Å². The Morgan fingerprint density at radius 3 is 2.52 bits per heavy atom. The van der Waals surface area contributed by atoms with Crippen LogP contribution in [0.15, 0.2) is 53.9 Å². The second-order valence-corrected chi connectivity index (χ2v) is 4.37. The third-order valence-corrected chi connectivity index (χ3v) is 2.79. The molecule has 7 heteroatoms. The normalized spacial score (nSPS) is 10.3. The summed E-state index contributed by atoms with van der Waals surface area (Å²) in [5, 5.41) is 3.88. The molecule has 0 bridgehead atoms. The van der Waals surface area contributed by atoms with Crippen molar-refractivity contribution in [3.05, 3.63) is 59.9 Å². The van der Waals surface area contributed by atoms with E-state index in [1.165, 1.54) is 25.7 Å². The third-order valence-electron chi connectivity index (χ3n) is 2.79. The van der Waals surface area contributed by atoms with Crippen molar-refractivity contribution in [2.75, 3.05) is 13.7 Å². The predicted octanol–water partition coefficient (Wildman–Crippen LogP) is 1.40. The summed E-state index contributed by atoms with van der Waals surface area (Å²) in [4.78, 5) is 26.5. The molecule has 0 saturated heterocycles. The molecule has 0 unspecified atom stereocenters. The Hall–Kier alpha value is -3.22. The van der Waals surface area contributed by atoms with Gasteiger partial charge in [-0.1, -0.05) is 0 Å². The largest absolute Gasteiger partial charge is 0.482 e. The maximum absolute atomic E-state index is 11.8. The van der Waals surface area contributed by atoms with Crippen LogP contribution in [0.25, 0.3) is 0 Å². The first-order chi connectivity index (χ1) is 11.2. The predicted molar refractivity (Wildman–Crippen MR) is 83.3 cm³/mol. The number of ether oxygens (including phenoxy) is 2. The highest BCUT2D eigenvalue weighted by atomic mass is 16.6. The zero-order valence-corrected chi connectivity index (χ0v) is 12.4. The number of carbonyl (C=O) groups is 2. The van der Waals surface area contributed by atoms with Crippen LogP contribution in [0, 0.1) is 0 Å². The molecule has 0 saturated carbocycles. The van der Waals surface area contributed by atoms with Crippen LogP contribution >= 0.6 is 0 Å². The Bertz CT molecular complexity index is 684. The number of nitrogens with zero attached hydrogens (tertiary/aromatic N) is 2. The van der Waals surface area contributed by atoms with Crippen molar-refractivity contribution >= 4 is 18.1 Å². The fourth-order valence-corrected chi connectivity index (χ4v) is 1.58. The van der Waals surface area contributed by atoms with Crippen molar-refractivity contribution in [3.63, 3.8) is 0 Å². The van der Waals surface area contributed by atoms with E-state index in [0.29, 0.717) is 11.3 Å². The molecule has 7 nitrogen and oxygen atoms in total. The molecule has 23 heavy (non-hydrogen) atoms. The Labute approximate surface area is 132 Å². The van der Waals surface area contributed by atoms with Crippen LogP contribution in [-0.4, -0.2) is 36.8 Å². The summed E-state index contributed by atoms with van der Waals surface area (Å²) in [7, 11) is 1.30. The van der Waals surface area contributed by atoms with Gasteiger partial charge in [0.1, 0.15) is 5.75 Å². The molecule has 0 aliphatic heterocycles. The van der Waals surface area contributed by atoms with Crippen molar-refractivity contribution < 1.29 is 19.1 Å². The highest BCUT2D eigenvalue weighted by Gasteiger charge is 2.03. The minimum atomic E-state index is -0.450. The van der Waals surface area contributed by atoms with Gasteiger partial charge in [-0.25, -0.2) is 10.2 Å². The van der Waals surface area contributed by atoms with E-state index in [9.17, 15) is 9.59 Å². The molecule has 118 valence electrons. The zero-order valence-electron chi connectivity index (χ0n) is 12.4. The standard InChI is InChI=1S/C16H15N3O4/c1-22-15(20)11-23-14-4-2-12(3-5-14)10-18-19-16(21)13-6-8-17-9-7-13/h2-10H,11H2,1H3,(H,19,21)/b18-10-. The second kappa shape index (κ2) is 8.28. The van der Waals surface area contributed by atoms with Gasteiger partial charge in [0.15, 0.2) is 6.61 Å². The van der Waals surface area contributed by atoms with E-state index in [2.05, 4.69) is 20.2 Å². The summed E-state index contributed by atoms with van der Waals surface area (Å²) >= 11 is 0. The average Bonchev–Trinajstić information content (AvgIpc) is 2.61. The Morgan fingerprint density at radius 1 is 1.17 bits per heavy atom. The van der Waals surface area contributed by atoms with Crippen molar-refractivity contribution in [3.8, 4) is 5.75 Å². The van der Waals surface area contributed by atoms with Crippen LogP contribution < -0.4 is 10.2 Å². The third kappa shape index (κ3) is 5.24. The number of hydrogen-bond acceptors (Lipinski definition) is 6. The first-order valence-electron chi connectivity index (χ1n) is 6.72. The van der Waals surface area contributed by atoms with Gasteiger partial charge in [0.05, 0.1) is 13.3 Å². The molecule has 1 aromatic carbocycles. The van der Waals surface area contributed by atoms with E-state index < -0.39 is 5.97 Å². The fraction of sp³-hybridized carbons (Fsp3) is 0.125. The molecule has 1 N–H and O–H groups in total. The van der Waals surface area contributed by atoms with Crippen LogP contribution in [0.5, 0.6) is 5.75 Å². The number of esters is 1. The van der Waals surface area contributed by atoms with Crippen molar-refractivity contribution in [1.29, 1.82) is 0 Å². The summed E-state index contributed by atoms with van der Waals surface area (Å²) in [5.41, 5.74) is 3.66. The summed E-state index contributed by atoms with van der Waals surface area (Å²) < 4.78 is 9.70. The van der Waals surface area contributed by atoms with Gasteiger partial charge in [0.25, 0.3) is 5.91 Å². The second-order valence-electron chi connectivity index (χ2n) is 4.37. The lowest BCUT2D eigenvalue weighted by atomic mass is 10.2. The monoisotopic (exact) mass is 313 g/mol. The van der Waals surface area contributed by atoms with Crippen LogP contribution in [0.4, 0.5) is 0 Å². The molecule has 1 aromatic heterocycles. The number of amides is 1. The number of pyridine rings is 1. The van der Waals surface area contributed by atoms with Gasteiger partial charge in [-0.05, 0) is 42.0 Å². The van der Waals surface area contributed by atoms with E-state index in [4.69, 9.17) is 4.74 Å². The molecule has 0 aliphatic carbocycles. The maximum Gasteiger partial charge on any atom is 0.343 e. The number of hydrazone groups is 1. The van der Waals surface area contributed by atoms with Crippen LogP contribution in [0.3, 0.4) is 0 Å². The average molecular weight is 313 g/mol. The lowest BCUT2D eigenvalue weighted by Gasteiger charge is -2.04. The molecule has 1 amide bonds.